The van der Waals surface area contributed by atoms with E-state index < -0.39 is 10.0 Å². The molecule has 0 bridgehead atoms. The molecule has 0 aromatic heterocycles. The van der Waals surface area contributed by atoms with E-state index in [9.17, 15) is 8.42 Å². The molecule has 0 radical (unpaired) electrons. The van der Waals surface area contributed by atoms with Gasteiger partial charge in [-0.15, -0.1) is 0 Å². The summed E-state index contributed by atoms with van der Waals surface area (Å²) in [7, 11) is 1.66. The molecule has 0 amide bonds. The lowest BCUT2D eigenvalue weighted by Gasteiger charge is -2.10. The highest BCUT2D eigenvalue weighted by Crippen LogP contribution is 2.27. The first kappa shape index (κ1) is 16.7. The maximum absolute atomic E-state index is 11.6. The van der Waals surface area contributed by atoms with Gasteiger partial charge in [0.2, 0.25) is 10.0 Å². The van der Waals surface area contributed by atoms with Crippen LogP contribution in [0, 0.1) is 0 Å². The zero-order valence-electron chi connectivity index (χ0n) is 12.1. The van der Waals surface area contributed by atoms with Crippen molar-refractivity contribution in [3.8, 4) is 11.5 Å². The van der Waals surface area contributed by atoms with Crippen LogP contribution in [0.25, 0.3) is 0 Å². The summed E-state index contributed by atoms with van der Waals surface area (Å²) in [6.45, 7) is 0.799. The van der Waals surface area contributed by atoms with Crippen molar-refractivity contribution >= 4 is 10.0 Å². The number of nitrogens with one attached hydrogen (secondary N) is 2. The highest BCUT2D eigenvalue weighted by molar-refractivity contribution is 7.89. The van der Waals surface area contributed by atoms with Crippen molar-refractivity contribution in [3.63, 3.8) is 0 Å². The minimum atomic E-state index is -3.21. The topological polar surface area (TPSA) is 76.7 Å². The molecule has 0 saturated heterocycles. The van der Waals surface area contributed by atoms with Crippen LogP contribution in [0.4, 0.5) is 0 Å². The van der Waals surface area contributed by atoms with Gasteiger partial charge < -0.3 is 14.8 Å². The molecule has 0 atom stereocenters. The zero-order chi connectivity index (χ0) is 15.0. The second kappa shape index (κ2) is 8.08. The van der Waals surface area contributed by atoms with Gasteiger partial charge in [0.25, 0.3) is 0 Å². The second-order valence-electron chi connectivity index (χ2n) is 4.26. The summed E-state index contributed by atoms with van der Waals surface area (Å²) in [6.07, 6.45) is 0.596. The molecule has 114 valence electrons. The van der Waals surface area contributed by atoms with Crippen LogP contribution in [0.3, 0.4) is 0 Å². The normalized spacial score (nSPS) is 11.3. The molecule has 0 unspecified atom stereocenters. The number of hydrogen-bond donors (Lipinski definition) is 2. The van der Waals surface area contributed by atoms with E-state index >= 15 is 0 Å². The van der Waals surface area contributed by atoms with Gasteiger partial charge in [0.1, 0.15) is 0 Å². The van der Waals surface area contributed by atoms with Crippen molar-refractivity contribution < 1.29 is 17.9 Å². The van der Waals surface area contributed by atoms with Crippen molar-refractivity contribution in [3.05, 3.63) is 23.8 Å². The van der Waals surface area contributed by atoms with Crippen LogP contribution in [0.5, 0.6) is 11.5 Å². The molecule has 6 nitrogen and oxygen atoms in total. The van der Waals surface area contributed by atoms with Gasteiger partial charge in [-0.1, -0.05) is 6.07 Å². The van der Waals surface area contributed by atoms with Crippen molar-refractivity contribution in [2.45, 2.75) is 6.42 Å². The molecule has 20 heavy (non-hydrogen) atoms. The van der Waals surface area contributed by atoms with Gasteiger partial charge in [-0.25, -0.2) is 13.1 Å². The van der Waals surface area contributed by atoms with Crippen LogP contribution in [0.15, 0.2) is 18.2 Å². The van der Waals surface area contributed by atoms with Gasteiger partial charge in [-0.3, -0.25) is 0 Å². The number of hydrogen-bond acceptors (Lipinski definition) is 5. The maximum atomic E-state index is 11.6. The van der Waals surface area contributed by atoms with Crippen molar-refractivity contribution in [1.82, 2.24) is 10.0 Å². The zero-order valence-corrected chi connectivity index (χ0v) is 12.9. The Bertz CT molecular complexity index is 517. The quantitative estimate of drug-likeness (QED) is 0.690. The van der Waals surface area contributed by atoms with Crippen LogP contribution in [0.1, 0.15) is 5.56 Å². The fraction of sp³-hybridized carbons (Fsp3) is 0.538. The van der Waals surface area contributed by atoms with Crippen LogP contribution < -0.4 is 19.5 Å². The summed E-state index contributed by atoms with van der Waals surface area (Å²) in [5.74, 6) is 1.38. The predicted octanol–water partition coefficient (Wildman–Crippen LogP) is 0.385. The summed E-state index contributed by atoms with van der Waals surface area (Å²) in [5.41, 5.74) is 0.985. The van der Waals surface area contributed by atoms with Gasteiger partial charge >= 0.3 is 0 Å². The smallest absolute Gasteiger partial charge is 0.212 e. The molecule has 0 aliphatic heterocycles. The van der Waals surface area contributed by atoms with Crippen LogP contribution in [-0.4, -0.2) is 48.5 Å². The van der Waals surface area contributed by atoms with E-state index in [1.807, 2.05) is 18.2 Å². The summed E-state index contributed by atoms with van der Waals surface area (Å²) in [5, 5.41) is 2.81. The van der Waals surface area contributed by atoms with Crippen LogP contribution in [-0.2, 0) is 16.4 Å². The monoisotopic (exact) mass is 302 g/mol. The molecule has 1 aromatic carbocycles. The summed E-state index contributed by atoms with van der Waals surface area (Å²) >= 11 is 0. The lowest BCUT2D eigenvalue weighted by atomic mass is 10.1. The molecule has 0 saturated carbocycles. The molecule has 0 spiro atoms. The van der Waals surface area contributed by atoms with E-state index in [0.29, 0.717) is 31.0 Å². The van der Waals surface area contributed by atoms with Crippen molar-refractivity contribution in [1.29, 1.82) is 0 Å². The molecule has 7 heteroatoms. The first-order valence-electron chi connectivity index (χ1n) is 6.35. The predicted molar refractivity (Wildman–Crippen MR) is 79.0 cm³/mol. The van der Waals surface area contributed by atoms with Gasteiger partial charge in [0.05, 0.1) is 20.0 Å². The third kappa shape index (κ3) is 5.36. The molecular formula is C13H22N2O4S. The van der Waals surface area contributed by atoms with Crippen LogP contribution >= 0.6 is 0 Å². The Morgan fingerprint density at radius 2 is 1.80 bits per heavy atom. The highest BCUT2D eigenvalue weighted by atomic mass is 32.2. The van der Waals surface area contributed by atoms with E-state index in [1.165, 1.54) is 0 Å². The summed E-state index contributed by atoms with van der Waals surface area (Å²) in [6, 6.07) is 5.55. The third-order valence-corrected chi connectivity index (χ3v) is 4.19. The van der Waals surface area contributed by atoms with Gasteiger partial charge in [-0.2, -0.15) is 0 Å². The van der Waals surface area contributed by atoms with Crippen molar-refractivity contribution in [2.75, 3.05) is 40.1 Å². The number of sulfonamides is 1. The number of methoxy groups -OCH3 is 2. The Hall–Kier alpha value is -1.31. The minimum absolute atomic E-state index is 0.0788. The fourth-order valence-electron chi connectivity index (χ4n) is 1.70. The Morgan fingerprint density at radius 1 is 1.10 bits per heavy atom. The van der Waals surface area contributed by atoms with Gasteiger partial charge in [-0.05, 0) is 31.2 Å². The lowest BCUT2D eigenvalue weighted by molar-refractivity contribution is 0.354. The van der Waals surface area contributed by atoms with E-state index in [2.05, 4.69) is 10.0 Å². The van der Waals surface area contributed by atoms with E-state index in [4.69, 9.17) is 9.47 Å². The molecule has 0 aliphatic carbocycles. The maximum Gasteiger partial charge on any atom is 0.212 e. The average Bonchev–Trinajstić information content (AvgIpc) is 2.44. The summed E-state index contributed by atoms with van der Waals surface area (Å²) < 4.78 is 36.1. The minimum Gasteiger partial charge on any atom is -0.493 e. The highest BCUT2D eigenvalue weighted by Gasteiger charge is 2.09. The average molecular weight is 302 g/mol. The summed E-state index contributed by atoms with van der Waals surface area (Å²) in [4.78, 5) is 0. The molecule has 2 N–H and O–H groups in total. The van der Waals surface area contributed by atoms with Crippen molar-refractivity contribution in [2.24, 2.45) is 0 Å². The molecule has 0 fully saturated rings. The molecule has 1 aromatic rings. The largest absolute Gasteiger partial charge is 0.493 e. The first-order valence-corrected chi connectivity index (χ1v) is 8.00. The van der Waals surface area contributed by atoms with E-state index in [-0.39, 0.29) is 5.75 Å². The third-order valence-electron chi connectivity index (χ3n) is 2.80. The standard InChI is InChI=1S/C13H22N2O4S/c1-14-8-9-20(16,17)15-7-6-11-4-5-12(18-2)13(10-11)19-3/h4-5,10,14-15H,6-9H2,1-3H3. The number of rotatable bonds is 9. The van der Waals surface area contributed by atoms with Gasteiger partial charge in [0, 0.05) is 13.1 Å². The fourth-order valence-corrected chi connectivity index (χ4v) is 2.73. The van der Waals surface area contributed by atoms with Crippen LogP contribution in [0.2, 0.25) is 0 Å². The SMILES string of the molecule is CNCCS(=O)(=O)NCCc1ccc(OC)c(OC)c1. The lowest BCUT2D eigenvalue weighted by Crippen LogP contribution is -2.32. The van der Waals surface area contributed by atoms with Gasteiger partial charge in [0.15, 0.2) is 11.5 Å². The molecule has 0 heterocycles. The Balaban J connectivity index is 2.54. The Morgan fingerprint density at radius 3 is 2.40 bits per heavy atom. The molecule has 1 rings (SSSR count). The first-order chi connectivity index (χ1) is 9.52. The Labute approximate surface area is 120 Å². The number of ether oxygens (including phenoxy) is 2. The second-order valence-corrected chi connectivity index (χ2v) is 6.18. The Kier molecular flexibility index (Phi) is 6.77. The number of benzene rings is 1. The van der Waals surface area contributed by atoms with E-state index in [0.717, 1.165) is 5.56 Å². The molecule has 0 aliphatic rings. The molecular weight excluding hydrogens is 280 g/mol. The van der Waals surface area contributed by atoms with E-state index in [1.54, 1.807) is 21.3 Å².